The molecule has 0 bridgehead atoms. The molecule has 0 aromatic carbocycles. The standard InChI is InChI=1S/C15H17N5O/c1-12-7-18-20(9-12)11-14-10-19(4-5-21-14)15-3-2-13(6-16)8-17-15/h2-3,7-9,14H,4-5,10-11H2,1H3/t14-/m1/s1. The SMILES string of the molecule is Cc1cnn(C[C@H]2CN(c3ccc(C#N)cn3)CCO2)c1. The lowest BCUT2D eigenvalue weighted by atomic mass is 10.2. The summed E-state index contributed by atoms with van der Waals surface area (Å²) in [7, 11) is 0. The highest BCUT2D eigenvalue weighted by Gasteiger charge is 2.22. The van der Waals surface area contributed by atoms with Gasteiger partial charge in [0.2, 0.25) is 0 Å². The molecule has 2 aromatic heterocycles. The number of nitrogens with zero attached hydrogens (tertiary/aromatic N) is 5. The Hall–Kier alpha value is -2.39. The van der Waals surface area contributed by atoms with Gasteiger partial charge in [-0.2, -0.15) is 10.4 Å². The van der Waals surface area contributed by atoms with Crippen LogP contribution in [0.5, 0.6) is 0 Å². The van der Waals surface area contributed by atoms with Gasteiger partial charge in [-0.25, -0.2) is 4.98 Å². The Morgan fingerprint density at radius 3 is 3.00 bits per heavy atom. The Morgan fingerprint density at radius 2 is 2.33 bits per heavy atom. The van der Waals surface area contributed by atoms with Gasteiger partial charge < -0.3 is 9.64 Å². The maximum Gasteiger partial charge on any atom is 0.128 e. The van der Waals surface area contributed by atoms with Gasteiger partial charge in [0.15, 0.2) is 0 Å². The third-order valence-corrected chi connectivity index (χ3v) is 3.49. The van der Waals surface area contributed by atoms with Crippen molar-refractivity contribution in [3.63, 3.8) is 0 Å². The summed E-state index contributed by atoms with van der Waals surface area (Å²) in [5.74, 6) is 0.888. The maximum absolute atomic E-state index is 8.81. The van der Waals surface area contributed by atoms with Gasteiger partial charge in [-0.1, -0.05) is 0 Å². The van der Waals surface area contributed by atoms with E-state index < -0.39 is 0 Å². The molecule has 1 aliphatic rings. The van der Waals surface area contributed by atoms with Crippen LogP contribution in [-0.2, 0) is 11.3 Å². The van der Waals surface area contributed by atoms with Gasteiger partial charge in [-0.15, -0.1) is 0 Å². The van der Waals surface area contributed by atoms with Crippen molar-refractivity contribution in [2.24, 2.45) is 0 Å². The van der Waals surface area contributed by atoms with Crippen LogP contribution < -0.4 is 4.90 Å². The molecule has 6 nitrogen and oxygen atoms in total. The molecular formula is C15H17N5O. The summed E-state index contributed by atoms with van der Waals surface area (Å²) in [5.41, 5.74) is 1.73. The molecule has 108 valence electrons. The van der Waals surface area contributed by atoms with E-state index in [0.717, 1.165) is 31.0 Å². The average Bonchev–Trinajstić information content (AvgIpc) is 2.93. The number of hydrogen-bond donors (Lipinski definition) is 0. The van der Waals surface area contributed by atoms with Crippen molar-refractivity contribution in [1.29, 1.82) is 5.26 Å². The zero-order valence-electron chi connectivity index (χ0n) is 11.9. The van der Waals surface area contributed by atoms with Gasteiger partial charge in [0.05, 0.1) is 31.0 Å². The van der Waals surface area contributed by atoms with Gasteiger partial charge in [0, 0.05) is 25.5 Å². The van der Waals surface area contributed by atoms with Crippen molar-refractivity contribution in [3.05, 3.63) is 41.9 Å². The quantitative estimate of drug-likeness (QED) is 0.851. The van der Waals surface area contributed by atoms with Crippen molar-refractivity contribution in [3.8, 4) is 6.07 Å². The Morgan fingerprint density at radius 1 is 1.43 bits per heavy atom. The number of rotatable bonds is 3. The molecule has 1 aliphatic heterocycles. The smallest absolute Gasteiger partial charge is 0.128 e. The first-order chi connectivity index (χ1) is 10.2. The van der Waals surface area contributed by atoms with E-state index in [0.29, 0.717) is 12.2 Å². The van der Waals surface area contributed by atoms with Crippen LogP contribution in [-0.4, -0.2) is 40.6 Å². The van der Waals surface area contributed by atoms with E-state index in [1.165, 1.54) is 0 Å². The van der Waals surface area contributed by atoms with Crippen LogP contribution in [0.4, 0.5) is 5.82 Å². The molecule has 0 N–H and O–H groups in total. The predicted octanol–water partition coefficient (Wildman–Crippen LogP) is 1.36. The molecule has 0 spiro atoms. The minimum Gasteiger partial charge on any atom is -0.373 e. The van der Waals surface area contributed by atoms with Crippen LogP contribution in [0.1, 0.15) is 11.1 Å². The van der Waals surface area contributed by atoms with Gasteiger partial charge in [0.1, 0.15) is 11.9 Å². The fourth-order valence-corrected chi connectivity index (χ4v) is 2.45. The highest BCUT2D eigenvalue weighted by Crippen LogP contribution is 2.16. The fraction of sp³-hybridized carbons (Fsp3) is 0.400. The molecule has 1 fully saturated rings. The highest BCUT2D eigenvalue weighted by atomic mass is 16.5. The molecule has 0 radical (unpaired) electrons. The summed E-state index contributed by atoms with van der Waals surface area (Å²) in [5, 5.41) is 13.1. The van der Waals surface area contributed by atoms with Crippen molar-refractivity contribution >= 4 is 5.82 Å². The van der Waals surface area contributed by atoms with Crippen LogP contribution >= 0.6 is 0 Å². The summed E-state index contributed by atoms with van der Waals surface area (Å²) in [4.78, 5) is 6.53. The number of aromatic nitrogens is 3. The molecule has 6 heteroatoms. The van der Waals surface area contributed by atoms with Crippen LogP contribution in [0, 0.1) is 18.3 Å². The molecule has 21 heavy (non-hydrogen) atoms. The lowest BCUT2D eigenvalue weighted by Crippen LogP contribution is -2.44. The Labute approximate surface area is 123 Å². The molecule has 0 aliphatic carbocycles. The van der Waals surface area contributed by atoms with Crippen LogP contribution in [0.2, 0.25) is 0 Å². The number of ether oxygens (including phenoxy) is 1. The zero-order chi connectivity index (χ0) is 14.7. The van der Waals surface area contributed by atoms with E-state index >= 15 is 0 Å². The fourth-order valence-electron chi connectivity index (χ4n) is 2.45. The lowest BCUT2D eigenvalue weighted by molar-refractivity contribution is 0.0272. The van der Waals surface area contributed by atoms with Gasteiger partial charge in [-0.05, 0) is 24.6 Å². The van der Waals surface area contributed by atoms with Crippen LogP contribution in [0.3, 0.4) is 0 Å². The van der Waals surface area contributed by atoms with Crippen molar-refractivity contribution < 1.29 is 4.74 Å². The molecule has 0 unspecified atom stereocenters. The maximum atomic E-state index is 8.81. The summed E-state index contributed by atoms with van der Waals surface area (Å²) in [6.07, 6.45) is 5.57. The van der Waals surface area contributed by atoms with Crippen molar-refractivity contribution in [2.45, 2.75) is 19.6 Å². The van der Waals surface area contributed by atoms with E-state index in [4.69, 9.17) is 10.00 Å². The number of anilines is 1. The molecule has 1 atom stereocenters. The van der Waals surface area contributed by atoms with E-state index in [-0.39, 0.29) is 6.10 Å². The largest absolute Gasteiger partial charge is 0.373 e. The van der Waals surface area contributed by atoms with E-state index in [9.17, 15) is 0 Å². The first-order valence-electron chi connectivity index (χ1n) is 6.96. The lowest BCUT2D eigenvalue weighted by Gasteiger charge is -2.33. The summed E-state index contributed by atoms with van der Waals surface area (Å²) in [6, 6.07) is 5.77. The van der Waals surface area contributed by atoms with Crippen molar-refractivity contribution in [2.75, 3.05) is 24.6 Å². The number of hydrogen-bond acceptors (Lipinski definition) is 5. The Kier molecular flexibility index (Phi) is 3.84. The second kappa shape index (κ2) is 5.94. The number of aryl methyl sites for hydroxylation is 1. The number of morpholine rings is 1. The molecule has 0 amide bonds. The molecular weight excluding hydrogens is 266 g/mol. The van der Waals surface area contributed by atoms with Crippen molar-refractivity contribution in [1.82, 2.24) is 14.8 Å². The Balaban J connectivity index is 1.66. The zero-order valence-corrected chi connectivity index (χ0v) is 11.9. The summed E-state index contributed by atoms with van der Waals surface area (Å²) >= 11 is 0. The second-order valence-corrected chi connectivity index (χ2v) is 5.20. The number of pyridine rings is 1. The van der Waals surface area contributed by atoms with E-state index in [1.54, 1.807) is 12.3 Å². The molecule has 3 heterocycles. The normalized spacial score (nSPS) is 18.5. The first-order valence-corrected chi connectivity index (χ1v) is 6.96. The third kappa shape index (κ3) is 3.20. The summed E-state index contributed by atoms with van der Waals surface area (Å²) in [6.45, 7) is 5.02. The second-order valence-electron chi connectivity index (χ2n) is 5.20. The topological polar surface area (TPSA) is 67.0 Å². The van der Waals surface area contributed by atoms with E-state index in [1.807, 2.05) is 30.1 Å². The predicted molar refractivity (Wildman–Crippen MR) is 77.9 cm³/mol. The van der Waals surface area contributed by atoms with Crippen LogP contribution in [0.25, 0.3) is 0 Å². The monoisotopic (exact) mass is 283 g/mol. The van der Waals surface area contributed by atoms with Crippen LogP contribution in [0.15, 0.2) is 30.7 Å². The average molecular weight is 283 g/mol. The highest BCUT2D eigenvalue weighted by molar-refractivity contribution is 5.42. The molecule has 3 rings (SSSR count). The third-order valence-electron chi connectivity index (χ3n) is 3.49. The Bertz CT molecular complexity index is 643. The molecule has 1 saturated heterocycles. The molecule has 0 saturated carbocycles. The first kappa shape index (κ1) is 13.6. The van der Waals surface area contributed by atoms with E-state index in [2.05, 4.69) is 21.1 Å². The van der Waals surface area contributed by atoms with Gasteiger partial charge in [-0.3, -0.25) is 4.68 Å². The van der Waals surface area contributed by atoms with Gasteiger partial charge >= 0.3 is 0 Å². The number of nitriles is 1. The van der Waals surface area contributed by atoms with Gasteiger partial charge in [0.25, 0.3) is 0 Å². The molecule has 2 aromatic rings. The minimum absolute atomic E-state index is 0.0930. The summed E-state index contributed by atoms with van der Waals surface area (Å²) < 4.78 is 7.72. The minimum atomic E-state index is 0.0930.